The first-order valence-corrected chi connectivity index (χ1v) is 5.33. The molecule has 0 aromatic heterocycles. The minimum atomic E-state index is -0.101. The zero-order valence-corrected chi connectivity index (χ0v) is 9.75. The van der Waals surface area contributed by atoms with Crippen LogP contribution in [0.3, 0.4) is 0 Å². The van der Waals surface area contributed by atoms with Crippen molar-refractivity contribution >= 4 is 5.91 Å². The van der Waals surface area contributed by atoms with Gasteiger partial charge in [0.1, 0.15) is 5.75 Å². The predicted octanol–water partition coefficient (Wildman–Crippen LogP) is 0.709. The van der Waals surface area contributed by atoms with E-state index in [0.717, 1.165) is 12.3 Å². The Balaban J connectivity index is 2.23. The Kier molecular flexibility index (Phi) is 5.36. The number of aryl methyl sites for hydroxylation is 1. The highest BCUT2D eigenvalue weighted by molar-refractivity contribution is 5.77. The molecule has 1 rings (SSSR count). The second-order valence-electron chi connectivity index (χ2n) is 3.56. The number of amides is 1. The van der Waals surface area contributed by atoms with Gasteiger partial charge >= 0.3 is 0 Å². The summed E-state index contributed by atoms with van der Waals surface area (Å²) in [5.41, 5.74) is 1.17. The molecule has 4 heteroatoms. The zero-order valence-electron chi connectivity index (χ0n) is 9.75. The smallest absolute Gasteiger partial charge is 0.257 e. The molecule has 88 valence electrons. The van der Waals surface area contributed by atoms with E-state index in [9.17, 15) is 4.79 Å². The van der Waals surface area contributed by atoms with Crippen molar-refractivity contribution in [1.29, 1.82) is 0 Å². The molecule has 16 heavy (non-hydrogen) atoms. The molecule has 2 N–H and O–H groups in total. The van der Waals surface area contributed by atoms with Crippen LogP contribution in [-0.2, 0) is 4.79 Å². The van der Waals surface area contributed by atoms with Crippen LogP contribution in [-0.4, -0.2) is 32.7 Å². The van der Waals surface area contributed by atoms with Gasteiger partial charge in [-0.15, -0.1) is 0 Å². The van der Waals surface area contributed by atoms with Crippen molar-refractivity contribution in [2.75, 3.05) is 26.7 Å². The highest BCUT2D eigenvalue weighted by Crippen LogP contribution is 2.10. The summed E-state index contributed by atoms with van der Waals surface area (Å²) in [5.74, 6) is 0.616. The lowest BCUT2D eigenvalue weighted by atomic mass is 10.2. The fraction of sp³-hybridized carbons (Fsp3) is 0.417. The molecule has 0 aliphatic rings. The van der Waals surface area contributed by atoms with Gasteiger partial charge in [0.2, 0.25) is 0 Å². The Morgan fingerprint density at radius 3 is 2.56 bits per heavy atom. The van der Waals surface area contributed by atoms with Crippen LogP contribution in [0.15, 0.2) is 24.3 Å². The van der Waals surface area contributed by atoms with Gasteiger partial charge in [-0.25, -0.2) is 0 Å². The van der Waals surface area contributed by atoms with E-state index in [1.165, 1.54) is 5.56 Å². The predicted molar refractivity (Wildman–Crippen MR) is 63.6 cm³/mol. The highest BCUT2D eigenvalue weighted by Gasteiger charge is 2.01. The maximum absolute atomic E-state index is 11.3. The number of nitrogens with one attached hydrogen (secondary N) is 2. The van der Waals surface area contributed by atoms with Crippen molar-refractivity contribution in [1.82, 2.24) is 10.6 Å². The summed E-state index contributed by atoms with van der Waals surface area (Å²) < 4.78 is 5.32. The second-order valence-corrected chi connectivity index (χ2v) is 3.56. The van der Waals surface area contributed by atoms with Crippen LogP contribution in [0.5, 0.6) is 5.75 Å². The topological polar surface area (TPSA) is 50.4 Å². The third-order valence-electron chi connectivity index (χ3n) is 2.09. The van der Waals surface area contributed by atoms with Crippen LogP contribution in [0.4, 0.5) is 0 Å². The van der Waals surface area contributed by atoms with E-state index >= 15 is 0 Å². The lowest BCUT2D eigenvalue weighted by Gasteiger charge is -2.07. The number of hydrogen-bond donors (Lipinski definition) is 2. The normalized spacial score (nSPS) is 9.88. The molecular formula is C12H18N2O2. The number of rotatable bonds is 6. The first-order valence-electron chi connectivity index (χ1n) is 5.33. The molecule has 0 spiro atoms. The number of carbonyl (C=O) groups is 1. The van der Waals surface area contributed by atoms with Crippen LogP contribution in [0, 0.1) is 6.92 Å². The molecule has 0 atom stereocenters. The van der Waals surface area contributed by atoms with Gasteiger partial charge in [-0.3, -0.25) is 4.79 Å². The third kappa shape index (κ3) is 4.79. The van der Waals surface area contributed by atoms with Gasteiger partial charge in [-0.2, -0.15) is 0 Å². The SMILES string of the molecule is CNCCNC(=O)COc1ccc(C)cc1. The second kappa shape index (κ2) is 6.85. The third-order valence-corrected chi connectivity index (χ3v) is 2.09. The summed E-state index contributed by atoms with van der Waals surface area (Å²) in [4.78, 5) is 11.3. The molecule has 0 radical (unpaired) electrons. The van der Waals surface area contributed by atoms with E-state index in [1.54, 1.807) is 0 Å². The van der Waals surface area contributed by atoms with Gasteiger partial charge in [0.05, 0.1) is 0 Å². The minimum absolute atomic E-state index is 0.0623. The van der Waals surface area contributed by atoms with Crippen LogP contribution in [0.2, 0.25) is 0 Å². The number of ether oxygens (including phenoxy) is 1. The molecule has 0 unspecified atom stereocenters. The Bertz CT molecular complexity index is 322. The molecule has 0 aliphatic heterocycles. The van der Waals surface area contributed by atoms with E-state index in [-0.39, 0.29) is 12.5 Å². The summed E-state index contributed by atoms with van der Waals surface area (Å²) >= 11 is 0. The van der Waals surface area contributed by atoms with Gasteiger partial charge < -0.3 is 15.4 Å². The fourth-order valence-corrected chi connectivity index (χ4v) is 1.16. The molecule has 0 heterocycles. The average molecular weight is 222 g/mol. The van der Waals surface area contributed by atoms with Crippen molar-refractivity contribution in [3.63, 3.8) is 0 Å². The standard InChI is InChI=1S/C12H18N2O2/c1-10-3-5-11(6-4-10)16-9-12(15)14-8-7-13-2/h3-6,13H,7-9H2,1-2H3,(H,14,15). The molecular weight excluding hydrogens is 204 g/mol. The zero-order chi connectivity index (χ0) is 11.8. The van der Waals surface area contributed by atoms with E-state index in [4.69, 9.17) is 4.74 Å². The largest absolute Gasteiger partial charge is 0.484 e. The summed E-state index contributed by atoms with van der Waals surface area (Å²) in [6, 6.07) is 7.62. The number of hydrogen-bond acceptors (Lipinski definition) is 3. The van der Waals surface area contributed by atoms with Gasteiger partial charge in [0, 0.05) is 13.1 Å². The lowest BCUT2D eigenvalue weighted by molar-refractivity contribution is -0.123. The maximum Gasteiger partial charge on any atom is 0.257 e. The lowest BCUT2D eigenvalue weighted by Crippen LogP contribution is -2.33. The van der Waals surface area contributed by atoms with Gasteiger partial charge in [-0.05, 0) is 26.1 Å². The molecule has 1 aromatic carbocycles. The Labute approximate surface area is 96.0 Å². The average Bonchev–Trinajstić information content (AvgIpc) is 2.29. The Morgan fingerprint density at radius 1 is 1.25 bits per heavy atom. The fourth-order valence-electron chi connectivity index (χ4n) is 1.16. The van der Waals surface area contributed by atoms with Crippen molar-refractivity contribution in [3.8, 4) is 5.75 Å². The quantitative estimate of drug-likeness (QED) is 0.697. The van der Waals surface area contributed by atoms with Crippen molar-refractivity contribution in [2.45, 2.75) is 6.92 Å². The van der Waals surface area contributed by atoms with E-state index < -0.39 is 0 Å². The van der Waals surface area contributed by atoms with Gasteiger partial charge in [0.15, 0.2) is 6.61 Å². The molecule has 0 saturated carbocycles. The maximum atomic E-state index is 11.3. The number of benzene rings is 1. The van der Waals surface area contributed by atoms with Crippen LogP contribution < -0.4 is 15.4 Å². The highest BCUT2D eigenvalue weighted by atomic mass is 16.5. The van der Waals surface area contributed by atoms with Crippen molar-refractivity contribution in [2.24, 2.45) is 0 Å². The summed E-state index contributed by atoms with van der Waals surface area (Å²) in [6.45, 7) is 3.45. The van der Waals surface area contributed by atoms with Gasteiger partial charge in [0.25, 0.3) is 5.91 Å². The Morgan fingerprint density at radius 2 is 1.94 bits per heavy atom. The molecule has 1 amide bonds. The molecule has 0 aliphatic carbocycles. The van der Waals surface area contributed by atoms with Crippen LogP contribution in [0.1, 0.15) is 5.56 Å². The number of carbonyl (C=O) groups excluding carboxylic acids is 1. The molecule has 1 aromatic rings. The van der Waals surface area contributed by atoms with E-state index in [0.29, 0.717) is 6.54 Å². The first-order chi connectivity index (χ1) is 7.72. The summed E-state index contributed by atoms with van der Waals surface area (Å²) in [6.07, 6.45) is 0. The van der Waals surface area contributed by atoms with E-state index in [2.05, 4.69) is 10.6 Å². The summed E-state index contributed by atoms with van der Waals surface area (Å²) in [5, 5.41) is 5.69. The number of likely N-dealkylation sites (N-methyl/N-ethyl adjacent to an activating group) is 1. The van der Waals surface area contributed by atoms with Crippen LogP contribution >= 0.6 is 0 Å². The molecule has 0 bridgehead atoms. The minimum Gasteiger partial charge on any atom is -0.484 e. The summed E-state index contributed by atoms with van der Waals surface area (Å²) in [7, 11) is 1.84. The monoisotopic (exact) mass is 222 g/mol. The van der Waals surface area contributed by atoms with E-state index in [1.807, 2.05) is 38.2 Å². The van der Waals surface area contributed by atoms with Crippen molar-refractivity contribution < 1.29 is 9.53 Å². The van der Waals surface area contributed by atoms with Gasteiger partial charge in [-0.1, -0.05) is 17.7 Å². The molecule has 0 saturated heterocycles. The first kappa shape index (κ1) is 12.5. The molecule has 0 fully saturated rings. The van der Waals surface area contributed by atoms with Crippen LogP contribution in [0.25, 0.3) is 0 Å². The van der Waals surface area contributed by atoms with Crippen molar-refractivity contribution in [3.05, 3.63) is 29.8 Å². The Hall–Kier alpha value is -1.55. The molecule has 4 nitrogen and oxygen atoms in total.